The molecule has 1 heterocycles. The van der Waals surface area contributed by atoms with Gasteiger partial charge in [0.05, 0.1) is 16.7 Å². The molecular weight excluding hydrogens is 348 g/mol. The van der Waals surface area contributed by atoms with Crippen molar-refractivity contribution in [3.63, 3.8) is 0 Å². The summed E-state index contributed by atoms with van der Waals surface area (Å²) >= 11 is 1.60. The van der Waals surface area contributed by atoms with Crippen molar-refractivity contribution in [2.24, 2.45) is 11.7 Å². The van der Waals surface area contributed by atoms with Crippen LogP contribution in [0.2, 0.25) is 0 Å². The molecule has 0 aliphatic heterocycles. The number of hydrogen-bond acceptors (Lipinski definition) is 5. The second kappa shape index (κ2) is 9.19. The first-order valence-electron chi connectivity index (χ1n) is 9.22. The van der Waals surface area contributed by atoms with Crippen LogP contribution in [0.25, 0.3) is 10.9 Å². The highest BCUT2D eigenvalue weighted by Gasteiger charge is 2.24. The van der Waals surface area contributed by atoms with E-state index in [2.05, 4.69) is 15.3 Å². The number of thioether (sulfide) groups is 1. The van der Waals surface area contributed by atoms with Crippen LogP contribution in [0, 0.1) is 5.92 Å². The summed E-state index contributed by atoms with van der Waals surface area (Å²) in [5.41, 5.74) is 6.40. The van der Waals surface area contributed by atoms with E-state index in [1.54, 1.807) is 17.8 Å². The molecule has 0 saturated heterocycles. The summed E-state index contributed by atoms with van der Waals surface area (Å²) in [5, 5.41) is 3.75. The van der Waals surface area contributed by atoms with E-state index in [0.29, 0.717) is 47.1 Å². The quantitative estimate of drug-likeness (QED) is 0.645. The minimum absolute atomic E-state index is 0.0859. The lowest BCUT2D eigenvalue weighted by Crippen LogP contribution is -2.44. The second-order valence-corrected chi connectivity index (χ2v) is 7.89. The molecule has 1 aromatic heterocycles. The largest absolute Gasteiger partial charge is 0.353 e. The lowest BCUT2D eigenvalue weighted by Gasteiger charge is -2.31. The number of para-hydroxylation sites is 1. The van der Waals surface area contributed by atoms with E-state index in [0.717, 1.165) is 19.3 Å². The van der Waals surface area contributed by atoms with E-state index < -0.39 is 0 Å². The standard InChI is InChI=1S/C19H26N4O2S/c20-11-13-5-1-3-7-15(13)22-18(24)9-10-26-12-17-21-16-8-4-2-6-14(16)19(25)23-17/h2,4,6,8,13,15H,1,3,5,7,9-12,20H2,(H,22,24)(H,21,23,25). The maximum Gasteiger partial charge on any atom is 0.258 e. The average molecular weight is 375 g/mol. The van der Waals surface area contributed by atoms with Crippen molar-refractivity contribution in [3.8, 4) is 0 Å². The molecule has 1 aromatic carbocycles. The zero-order valence-corrected chi connectivity index (χ0v) is 15.7. The van der Waals surface area contributed by atoms with Crippen LogP contribution in [0.1, 0.15) is 37.9 Å². The summed E-state index contributed by atoms with van der Waals surface area (Å²) in [5.74, 6) is 2.43. The highest BCUT2D eigenvalue weighted by atomic mass is 32.2. The second-order valence-electron chi connectivity index (χ2n) is 6.79. The fourth-order valence-corrected chi connectivity index (χ4v) is 4.30. The summed E-state index contributed by atoms with van der Waals surface area (Å²) in [6.45, 7) is 0.640. The Balaban J connectivity index is 1.45. The maximum absolute atomic E-state index is 12.2. The zero-order chi connectivity index (χ0) is 18.4. The molecule has 1 aliphatic rings. The third-order valence-corrected chi connectivity index (χ3v) is 5.90. The van der Waals surface area contributed by atoms with Crippen molar-refractivity contribution in [1.29, 1.82) is 0 Å². The van der Waals surface area contributed by atoms with Crippen LogP contribution in [-0.2, 0) is 10.5 Å². The van der Waals surface area contributed by atoms with E-state index in [9.17, 15) is 9.59 Å². The topological polar surface area (TPSA) is 101 Å². The van der Waals surface area contributed by atoms with Gasteiger partial charge in [-0.05, 0) is 37.4 Å². The minimum Gasteiger partial charge on any atom is -0.353 e. The Hall–Kier alpha value is -1.86. The van der Waals surface area contributed by atoms with Crippen molar-refractivity contribution < 1.29 is 4.79 Å². The van der Waals surface area contributed by atoms with Gasteiger partial charge in [0.25, 0.3) is 5.56 Å². The first kappa shape index (κ1) is 18.9. The number of nitrogens with one attached hydrogen (secondary N) is 2. The molecule has 1 aliphatic carbocycles. The Morgan fingerprint density at radius 3 is 2.96 bits per heavy atom. The Morgan fingerprint density at radius 1 is 1.31 bits per heavy atom. The van der Waals surface area contributed by atoms with Crippen molar-refractivity contribution in [3.05, 3.63) is 40.4 Å². The first-order valence-corrected chi connectivity index (χ1v) is 10.4. The van der Waals surface area contributed by atoms with Crippen molar-refractivity contribution in [2.45, 2.75) is 43.9 Å². The highest BCUT2D eigenvalue weighted by molar-refractivity contribution is 7.98. The molecule has 2 aromatic rings. The first-order chi connectivity index (χ1) is 12.7. The Labute approximate surface area is 157 Å². The fraction of sp³-hybridized carbons (Fsp3) is 0.526. The van der Waals surface area contributed by atoms with Gasteiger partial charge in [0.2, 0.25) is 5.91 Å². The molecule has 1 amide bonds. The smallest absolute Gasteiger partial charge is 0.258 e. The van der Waals surface area contributed by atoms with E-state index in [4.69, 9.17) is 5.73 Å². The number of benzene rings is 1. The molecular formula is C19H26N4O2S. The molecule has 2 atom stereocenters. The number of amides is 1. The Kier molecular flexibility index (Phi) is 6.68. The normalized spacial score (nSPS) is 20.2. The van der Waals surface area contributed by atoms with Gasteiger partial charge in [0.1, 0.15) is 5.82 Å². The SMILES string of the molecule is NCC1CCCCC1NC(=O)CCSCc1nc2ccccc2c(=O)[nH]1. The molecule has 1 saturated carbocycles. The number of fused-ring (bicyclic) bond motifs is 1. The van der Waals surface area contributed by atoms with E-state index in [-0.39, 0.29) is 17.5 Å². The number of hydrogen-bond donors (Lipinski definition) is 3. The molecule has 0 spiro atoms. The summed E-state index contributed by atoms with van der Waals surface area (Å²) < 4.78 is 0. The average Bonchev–Trinajstić information content (AvgIpc) is 2.66. The predicted molar refractivity (Wildman–Crippen MR) is 106 cm³/mol. The van der Waals surface area contributed by atoms with Crippen molar-refractivity contribution >= 4 is 28.6 Å². The number of carbonyl (C=O) groups is 1. The molecule has 3 rings (SSSR count). The Bertz CT molecular complexity index is 807. The summed E-state index contributed by atoms with van der Waals surface area (Å²) in [6, 6.07) is 7.53. The number of aromatic nitrogens is 2. The van der Waals surface area contributed by atoms with Crippen molar-refractivity contribution in [2.75, 3.05) is 12.3 Å². The zero-order valence-electron chi connectivity index (χ0n) is 14.9. The van der Waals surface area contributed by atoms with Crippen molar-refractivity contribution in [1.82, 2.24) is 15.3 Å². The molecule has 1 fully saturated rings. The fourth-order valence-electron chi connectivity index (χ4n) is 3.50. The minimum atomic E-state index is -0.117. The molecule has 140 valence electrons. The van der Waals surface area contributed by atoms with Gasteiger partial charge in [-0.1, -0.05) is 25.0 Å². The van der Waals surface area contributed by atoms with Crippen LogP contribution in [0.5, 0.6) is 0 Å². The molecule has 4 N–H and O–H groups in total. The van der Waals surface area contributed by atoms with Gasteiger partial charge in [-0.2, -0.15) is 11.8 Å². The number of nitrogens with two attached hydrogens (primary N) is 1. The lowest BCUT2D eigenvalue weighted by molar-refractivity contribution is -0.121. The van der Waals surface area contributed by atoms with Gasteiger partial charge in [0, 0.05) is 18.2 Å². The maximum atomic E-state index is 12.2. The molecule has 26 heavy (non-hydrogen) atoms. The third kappa shape index (κ3) is 4.86. The third-order valence-electron chi connectivity index (χ3n) is 4.93. The molecule has 0 bridgehead atoms. The Morgan fingerprint density at radius 2 is 2.12 bits per heavy atom. The number of aromatic amines is 1. The van der Waals surface area contributed by atoms with Crippen LogP contribution in [0.4, 0.5) is 0 Å². The van der Waals surface area contributed by atoms with Gasteiger partial charge in [-0.25, -0.2) is 4.98 Å². The lowest BCUT2D eigenvalue weighted by atomic mass is 9.84. The molecule has 7 heteroatoms. The predicted octanol–water partition coefficient (Wildman–Crippen LogP) is 2.18. The van der Waals surface area contributed by atoms with Crippen LogP contribution in [0.3, 0.4) is 0 Å². The van der Waals surface area contributed by atoms with E-state index in [1.165, 1.54) is 6.42 Å². The number of carbonyl (C=O) groups excluding carboxylic acids is 1. The van der Waals surface area contributed by atoms with Crippen LogP contribution in [0.15, 0.2) is 29.1 Å². The van der Waals surface area contributed by atoms with Gasteiger partial charge >= 0.3 is 0 Å². The summed E-state index contributed by atoms with van der Waals surface area (Å²) in [7, 11) is 0. The van der Waals surface area contributed by atoms with E-state index in [1.807, 2.05) is 18.2 Å². The summed E-state index contributed by atoms with van der Waals surface area (Å²) in [4.78, 5) is 31.5. The van der Waals surface area contributed by atoms with Crippen LogP contribution < -0.4 is 16.6 Å². The van der Waals surface area contributed by atoms with Gasteiger partial charge in [0.15, 0.2) is 0 Å². The van der Waals surface area contributed by atoms with E-state index >= 15 is 0 Å². The highest BCUT2D eigenvalue weighted by Crippen LogP contribution is 2.23. The number of rotatable bonds is 7. The molecule has 0 radical (unpaired) electrons. The summed E-state index contributed by atoms with van der Waals surface area (Å²) in [6.07, 6.45) is 4.98. The van der Waals surface area contributed by atoms with Gasteiger partial charge in [-0.3, -0.25) is 9.59 Å². The monoisotopic (exact) mass is 374 g/mol. The van der Waals surface area contributed by atoms with Gasteiger partial charge in [-0.15, -0.1) is 0 Å². The van der Waals surface area contributed by atoms with Gasteiger partial charge < -0.3 is 16.0 Å². The van der Waals surface area contributed by atoms with Crippen LogP contribution >= 0.6 is 11.8 Å². The van der Waals surface area contributed by atoms with Crippen LogP contribution in [-0.4, -0.2) is 34.2 Å². The number of nitrogens with zero attached hydrogens (tertiary/aromatic N) is 1. The number of H-pyrrole nitrogens is 1. The molecule has 2 unspecified atom stereocenters. The molecule has 6 nitrogen and oxygen atoms in total.